The van der Waals surface area contributed by atoms with Gasteiger partial charge in [0.15, 0.2) is 0 Å². The Hall–Kier alpha value is -1.94. The lowest BCUT2D eigenvalue weighted by molar-refractivity contribution is 0.574. The molecule has 1 N–H and O–H groups in total. The maximum absolute atomic E-state index is 6.08. The first-order valence-electron chi connectivity index (χ1n) is 7.95. The third-order valence-corrected chi connectivity index (χ3v) is 2.79. The van der Waals surface area contributed by atoms with Crippen LogP contribution in [0.5, 0.6) is 0 Å². The Morgan fingerprint density at radius 1 is 1.25 bits per heavy atom. The predicted molar refractivity (Wildman–Crippen MR) is 111 cm³/mol. The van der Waals surface area contributed by atoms with Crippen molar-refractivity contribution in [1.82, 2.24) is 4.98 Å². The van der Waals surface area contributed by atoms with Gasteiger partial charge in [-0.25, -0.2) is 4.98 Å². The van der Waals surface area contributed by atoms with E-state index < -0.39 is 0 Å². The van der Waals surface area contributed by atoms with E-state index in [9.17, 15) is 0 Å². The van der Waals surface area contributed by atoms with Crippen molar-refractivity contribution in [2.45, 2.75) is 41.0 Å². The van der Waals surface area contributed by atoms with E-state index in [4.69, 9.17) is 9.83 Å². The van der Waals surface area contributed by atoms with Gasteiger partial charge in [0.1, 0.15) is 12.0 Å². The number of hydrogen-bond acceptors (Lipinski definition) is 3. The number of rotatable bonds is 3. The summed E-state index contributed by atoms with van der Waals surface area (Å²) in [6, 6.07) is 6.13. The summed E-state index contributed by atoms with van der Waals surface area (Å²) in [4.78, 5) is 4.43. The van der Waals surface area contributed by atoms with E-state index in [1.165, 1.54) is 11.8 Å². The molecule has 1 heterocycles. The van der Waals surface area contributed by atoms with Crippen LogP contribution in [-0.2, 0) is 0 Å². The average Bonchev–Trinajstić information content (AvgIpc) is 3.05. The van der Waals surface area contributed by atoms with Gasteiger partial charge in [0.05, 0.1) is 0 Å². The molecule has 0 saturated carbocycles. The van der Waals surface area contributed by atoms with Crippen LogP contribution in [0.3, 0.4) is 0 Å². The van der Waals surface area contributed by atoms with Gasteiger partial charge in [-0.05, 0) is 56.3 Å². The zero-order valence-electron chi connectivity index (χ0n) is 15.4. The third kappa shape index (κ3) is 9.95. The van der Waals surface area contributed by atoms with Gasteiger partial charge in [-0.3, -0.25) is 0 Å². The fourth-order valence-corrected chi connectivity index (χ4v) is 2.20. The number of aryl methyl sites for hydroxylation is 1. The van der Waals surface area contributed by atoms with Gasteiger partial charge in [-0.2, -0.15) is 0 Å². The minimum atomic E-state index is 0.658. The SMILES string of the molecule is C=C.CC.CC/C=C/c1coc(-c2cc(C)cc(Br)c2)n1.CC=N. The number of allylic oxidation sites excluding steroid dienone is 1. The lowest BCUT2D eigenvalue weighted by atomic mass is 10.1. The van der Waals surface area contributed by atoms with E-state index in [1.54, 1.807) is 13.2 Å². The van der Waals surface area contributed by atoms with Gasteiger partial charge < -0.3 is 9.83 Å². The van der Waals surface area contributed by atoms with E-state index in [0.717, 1.165) is 22.2 Å². The third-order valence-electron chi connectivity index (χ3n) is 2.34. The van der Waals surface area contributed by atoms with E-state index in [0.29, 0.717) is 5.89 Å². The number of hydrogen-bond donors (Lipinski definition) is 1. The van der Waals surface area contributed by atoms with Crippen molar-refractivity contribution in [2.75, 3.05) is 0 Å². The monoisotopic (exact) mass is 392 g/mol. The molecule has 0 aliphatic heterocycles. The maximum Gasteiger partial charge on any atom is 0.226 e. The lowest BCUT2D eigenvalue weighted by Crippen LogP contribution is -1.81. The van der Waals surface area contributed by atoms with Crippen LogP contribution in [0.4, 0.5) is 0 Å². The van der Waals surface area contributed by atoms with Crippen LogP contribution in [-0.4, -0.2) is 11.2 Å². The van der Waals surface area contributed by atoms with Crippen LogP contribution in [0.1, 0.15) is 45.4 Å². The fourth-order valence-electron chi connectivity index (χ4n) is 1.59. The van der Waals surface area contributed by atoms with Gasteiger partial charge in [0, 0.05) is 10.0 Å². The molecule has 0 aliphatic rings. The second-order valence-electron chi connectivity index (χ2n) is 4.19. The summed E-state index contributed by atoms with van der Waals surface area (Å²) in [5, 5.41) is 6.08. The van der Waals surface area contributed by atoms with E-state index in [1.807, 2.05) is 26.0 Å². The quantitative estimate of drug-likeness (QED) is 0.439. The summed E-state index contributed by atoms with van der Waals surface area (Å²) in [6.45, 7) is 15.8. The molecule has 0 spiro atoms. The van der Waals surface area contributed by atoms with E-state index >= 15 is 0 Å². The molecule has 0 bridgehead atoms. The van der Waals surface area contributed by atoms with Crippen molar-refractivity contribution in [3.05, 3.63) is 59.4 Å². The molecule has 0 saturated heterocycles. The second-order valence-corrected chi connectivity index (χ2v) is 5.11. The van der Waals surface area contributed by atoms with Crippen LogP contribution in [0.15, 0.2) is 52.6 Å². The maximum atomic E-state index is 6.08. The molecule has 24 heavy (non-hydrogen) atoms. The Labute approximate surface area is 155 Å². The van der Waals surface area contributed by atoms with Crippen LogP contribution < -0.4 is 0 Å². The zero-order valence-corrected chi connectivity index (χ0v) is 17.0. The molecule has 3 nitrogen and oxygen atoms in total. The molecular formula is C20H29BrN2O. The number of nitrogens with zero attached hydrogens (tertiary/aromatic N) is 1. The number of oxazole rings is 1. The van der Waals surface area contributed by atoms with Crippen molar-refractivity contribution >= 4 is 28.2 Å². The minimum Gasteiger partial charge on any atom is -0.444 e. The molecule has 0 radical (unpaired) electrons. The van der Waals surface area contributed by atoms with Gasteiger partial charge in [-0.1, -0.05) is 42.8 Å². The molecule has 0 unspecified atom stereocenters. The highest BCUT2D eigenvalue weighted by atomic mass is 79.9. The molecular weight excluding hydrogens is 364 g/mol. The lowest BCUT2D eigenvalue weighted by Gasteiger charge is -1.99. The van der Waals surface area contributed by atoms with E-state index in [-0.39, 0.29) is 0 Å². The highest BCUT2D eigenvalue weighted by Crippen LogP contribution is 2.24. The largest absolute Gasteiger partial charge is 0.444 e. The Morgan fingerprint density at radius 3 is 2.33 bits per heavy atom. The highest BCUT2D eigenvalue weighted by molar-refractivity contribution is 9.10. The number of halogens is 1. The van der Waals surface area contributed by atoms with Crippen LogP contribution >= 0.6 is 15.9 Å². The molecule has 0 amide bonds. The highest BCUT2D eigenvalue weighted by Gasteiger charge is 2.06. The molecule has 2 rings (SSSR count). The molecule has 132 valence electrons. The number of benzene rings is 1. The summed E-state index contributed by atoms with van der Waals surface area (Å²) in [5.41, 5.74) is 3.03. The summed E-state index contributed by atoms with van der Waals surface area (Å²) < 4.78 is 6.51. The van der Waals surface area contributed by atoms with Crippen molar-refractivity contribution < 1.29 is 4.42 Å². The molecule has 0 fully saturated rings. The van der Waals surface area contributed by atoms with Crippen LogP contribution in [0.25, 0.3) is 17.5 Å². The fraction of sp³-hybridized carbons (Fsp3) is 0.300. The Balaban J connectivity index is 0. The number of aromatic nitrogens is 1. The molecule has 0 atom stereocenters. The summed E-state index contributed by atoms with van der Waals surface area (Å²) in [5.74, 6) is 0.658. The number of nitrogens with one attached hydrogen (secondary N) is 1. The molecule has 2 aromatic rings. The first-order valence-corrected chi connectivity index (χ1v) is 8.74. The summed E-state index contributed by atoms with van der Waals surface area (Å²) in [6.07, 6.45) is 7.96. The summed E-state index contributed by atoms with van der Waals surface area (Å²) in [7, 11) is 0. The molecule has 0 aliphatic carbocycles. The Kier molecular flexibility index (Phi) is 16.1. The topological polar surface area (TPSA) is 49.9 Å². The normalized spacial score (nSPS) is 8.92. The van der Waals surface area contributed by atoms with Crippen molar-refractivity contribution in [2.24, 2.45) is 0 Å². The van der Waals surface area contributed by atoms with Crippen LogP contribution in [0.2, 0.25) is 0 Å². The zero-order chi connectivity index (χ0) is 19.0. The van der Waals surface area contributed by atoms with Gasteiger partial charge in [0.2, 0.25) is 5.89 Å². The minimum absolute atomic E-state index is 0.658. The molecule has 1 aromatic heterocycles. The average molecular weight is 393 g/mol. The van der Waals surface area contributed by atoms with Crippen molar-refractivity contribution in [3.8, 4) is 11.5 Å². The summed E-state index contributed by atoms with van der Waals surface area (Å²) >= 11 is 3.48. The van der Waals surface area contributed by atoms with Crippen molar-refractivity contribution in [1.29, 1.82) is 5.41 Å². The van der Waals surface area contributed by atoms with Crippen LogP contribution in [0, 0.1) is 12.3 Å². The Bertz CT molecular complexity index is 583. The Morgan fingerprint density at radius 2 is 1.83 bits per heavy atom. The van der Waals surface area contributed by atoms with E-state index in [2.05, 4.69) is 66.1 Å². The smallest absolute Gasteiger partial charge is 0.226 e. The molecule has 4 heteroatoms. The first-order chi connectivity index (χ1) is 11.6. The van der Waals surface area contributed by atoms with Gasteiger partial charge in [-0.15, -0.1) is 13.2 Å². The molecule has 1 aromatic carbocycles. The van der Waals surface area contributed by atoms with Crippen molar-refractivity contribution in [3.63, 3.8) is 0 Å². The standard InChI is InChI=1S/C14H14BrNO.C2H5N.C2H6.C2H4/c1-3-4-5-13-9-17-14(16-13)11-6-10(2)7-12(15)8-11;1-2-3;2*1-2/h4-9H,3H2,1-2H3;2-3H,1H3;1-2H3;1-2H2/b5-4+;;;. The predicted octanol–water partition coefficient (Wildman–Crippen LogP) is 7.32. The first kappa shape index (κ1) is 24.3. The van der Waals surface area contributed by atoms with Gasteiger partial charge >= 0.3 is 0 Å². The van der Waals surface area contributed by atoms with Gasteiger partial charge in [0.25, 0.3) is 0 Å². The second kappa shape index (κ2) is 15.9.